The van der Waals surface area contributed by atoms with Crippen molar-refractivity contribution in [2.45, 2.75) is 24.9 Å². The number of nitriles is 1. The highest BCUT2D eigenvalue weighted by Crippen LogP contribution is 2.39. The molecule has 0 radical (unpaired) electrons. The molecule has 1 aliphatic carbocycles. The summed E-state index contributed by atoms with van der Waals surface area (Å²) < 4.78 is 17.2. The first kappa shape index (κ1) is 22.1. The van der Waals surface area contributed by atoms with Crippen molar-refractivity contribution < 1.29 is 9.18 Å². The number of nitrogens with one attached hydrogen (secondary N) is 1. The number of alkyl halides is 1. The number of nitrogens with zero attached hydrogens (tertiary/aromatic N) is 5. The van der Waals surface area contributed by atoms with Gasteiger partial charge in [0.2, 0.25) is 5.91 Å². The Morgan fingerprint density at radius 3 is 2.63 bits per heavy atom. The van der Waals surface area contributed by atoms with Gasteiger partial charge in [0.05, 0.1) is 29.1 Å². The van der Waals surface area contributed by atoms with Crippen molar-refractivity contribution in [2.75, 3.05) is 44.2 Å². The molecule has 8 heteroatoms. The van der Waals surface area contributed by atoms with Crippen LogP contribution in [-0.2, 0) is 10.5 Å². The topological polar surface area (TPSA) is 76.7 Å². The van der Waals surface area contributed by atoms with Crippen LogP contribution in [-0.4, -0.2) is 59.7 Å². The molecule has 0 unspecified atom stereocenters. The van der Waals surface area contributed by atoms with Gasteiger partial charge in [0.15, 0.2) is 0 Å². The second-order valence-corrected chi connectivity index (χ2v) is 9.99. The van der Waals surface area contributed by atoms with Crippen LogP contribution < -0.4 is 10.2 Å². The summed E-state index contributed by atoms with van der Waals surface area (Å²) in [5.74, 6) is -0.0627. The Hall–Kier alpha value is -3.44. The van der Waals surface area contributed by atoms with Gasteiger partial charge >= 0.3 is 0 Å². The minimum Gasteiger partial charge on any atom is -0.366 e. The number of carbonyl (C=O) groups excluding carboxylic acids is 1. The van der Waals surface area contributed by atoms with Gasteiger partial charge in [0.1, 0.15) is 5.67 Å². The molecule has 1 N–H and O–H groups in total. The lowest BCUT2D eigenvalue weighted by Crippen LogP contribution is -2.49. The Kier molecular flexibility index (Phi) is 5.45. The van der Waals surface area contributed by atoms with Crippen molar-refractivity contribution in [3.63, 3.8) is 0 Å². The first-order chi connectivity index (χ1) is 17.1. The van der Waals surface area contributed by atoms with Crippen molar-refractivity contribution >= 4 is 17.1 Å². The van der Waals surface area contributed by atoms with E-state index in [2.05, 4.69) is 27.5 Å². The smallest absolute Gasteiger partial charge is 0.227 e. The van der Waals surface area contributed by atoms with E-state index in [9.17, 15) is 4.79 Å². The molecular weight excluding hydrogens is 443 g/mol. The number of piperazine rings is 1. The summed E-state index contributed by atoms with van der Waals surface area (Å²) in [6, 6.07) is 14.2. The van der Waals surface area contributed by atoms with Crippen molar-refractivity contribution in [3.8, 4) is 17.2 Å². The van der Waals surface area contributed by atoms with Crippen LogP contribution >= 0.6 is 0 Å². The number of benzene rings is 1. The summed E-state index contributed by atoms with van der Waals surface area (Å²) in [4.78, 5) is 16.8. The average molecular weight is 473 g/mol. The normalized spacial score (nSPS) is 26.5. The Morgan fingerprint density at radius 2 is 1.94 bits per heavy atom. The highest BCUT2D eigenvalue weighted by molar-refractivity contribution is 5.83. The molecular formula is C27H29FN6O. The molecule has 4 heterocycles. The molecule has 180 valence electrons. The number of fused-ring (bicyclic) bond motifs is 1. The van der Waals surface area contributed by atoms with Crippen LogP contribution in [0, 0.1) is 23.2 Å². The van der Waals surface area contributed by atoms with Gasteiger partial charge in [-0.2, -0.15) is 10.4 Å². The maximum Gasteiger partial charge on any atom is 0.227 e. The Morgan fingerprint density at radius 1 is 1.14 bits per heavy atom. The lowest BCUT2D eigenvalue weighted by molar-refractivity contribution is -0.133. The van der Waals surface area contributed by atoms with Crippen LogP contribution in [0.4, 0.5) is 10.1 Å². The van der Waals surface area contributed by atoms with Gasteiger partial charge in [-0.3, -0.25) is 4.79 Å². The van der Waals surface area contributed by atoms with E-state index in [1.165, 1.54) is 0 Å². The number of hydrogen-bond donors (Lipinski definition) is 1. The minimum absolute atomic E-state index is 0.0941. The lowest BCUT2D eigenvalue weighted by atomic mass is 9.87. The Balaban J connectivity index is 1.19. The summed E-state index contributed by atoms with van der Waals surface area (Å²) in [5.41, 5.74) is 3.61. The number of aromatic nitrogens is 2. The van der Waals surface area contributed by atoms with Crippen LogP contribution in [0.15, 0.2) is 48.8 Å². The zero-order valence-corrected chi connectivity index (χ0v) is 19.7. The van der Waals surface area contributed by atoms with Crippen molar-refractivity contribution in [3.05, 3.63) is 54.4 Å². The molecule has 2 saturated heterocycles. The molecule has 35 heavy (non-hydrogen) atoms. The fraction of sp³-hybridized carbons (Fsp3) is 0.444. The fourth-order valence-corrected chi connectivity index (χ4v) is 5.51. The van der Waals surface area contributed by atoms with Crippen LogP contribution in [0.3, 0.4) is 0 Å². The molecule has 6 rings (SSSR count). The quantitative estimate of drug-likeness (QED) is 0.630. The second-order valence-electron chi connectivity index (χ2n) is 9.99. The highest BCUT2D eigenvalue weighted by Gasteiger charge is 2.45. The molecule has 3 fully saturated rings. The molecule has 0 spiro atoms. The third-order valence-corrected chi connectivity index (χ3v) is 7.76. The van der Waals surface area contributed by atoms with Crippen molar-refractivity contribution in [2.24, 2.45) is 11.8 Å². The zero-order valence-electron chi connectivity index (χ0n) is 19.7. The zero-order chi connectivity index (χ0) is 24.0. The Bertz CT molecular complexity index is 1280. The number of anilines is 1. The number of hydrogen-bond acceptors (Lipinski definition) is 5. The molecule has 0 bridgehead atoms. The molecule has 7 nitrogen and oxygen atoms in total. The van der Waals surface area contributed by atoms with E-state index in [1.807, 2.05) is 45.9 Å². The summed E-state index contributed by atoms with van der Waals surface area (Å²) in [6.07, 6.45) is 5.92. The average Bonchev–Trinajstić information content (AvgIpc) is 3.57. The van der Waals surface area contributed by atoms with E-state index in [0.717, 1.165) is 53.9 Å². The lowest BCUT2D eigenvalue weighted by Gasteiger charge is -2.36. The van der Waals surface area contributed by atoms with Gasteiger partial charge in [-0.05, 0) is 49.1 Å². The summed E-state index contributed by atoms with van der Waals surface area (Å²) in [7, 11) is 0. The maximum absolute atomic E-state index is 15.3. The van der Waals surface area contributed by atoms with E-state index in [4.69, 9.17) is 5.26 Å². The summed E-state index contributed by atoms with van der Waals surface area (Å²) >= 11 is 0. The van der Waals surface area contributed by atoms with Gasteiger partial charge in [-0.15, -0.1) is 0 Å². The van der Waals surface area contributed by atoms with Gasteiger partial charge < -0.3 is 15.1 Å². The van der Waals surface area contributed by atoms with E-state index in [-0.39, 0.29) is 17.7 Å². The molecule has 1 aromatic carbocycles. The van der Waals surface area contributed by atoms with Crippen LogP contribution in [0.2, 0.25) is 0 Å². The number of piperidine rings is 1. The van der Waals surface area contributed by atoms with E-state index < -0.39 is 5.67 Å². The predicted octanol–water partition coefficient (Wildman–Crippen LogP) is 3.36. The van der Waals surface area contributed by atoms with E-state index in [1.54, 1.807) is 6.20 Å². The van der Waals surface area contributed by atoms with E-state index in [0.29, 0.717) is 32.5 Å². The number of halogens is 1. The fourth-order valence-electron chi connectivity index (χ4n) is 5.51. The van der Waals surface area contributed by atoms with Gasteiger partial charge in [0.25, 0.3) is 0 Å². The number of rotatable bonds is 4. The van der Waals surface area contributed by atoms with Gasteiger partial charge in [-0.1, -0.05) is 24.3 Å². The molecule has 3 aromatic rings. The first-order valence-corrected chi connectivity index (χ1v) is 12.5. The van der Waals surface area contributed by atoms with E-state index >= 15 is 4.39 Å². The summed E-state index contributed by atoms with van der Waals surface area (Å²) in [6.45, 7) is 4.07. The molecule has 1 amide bonds. The maximum atomic E-state index is 15.3. The van der Waals surface area contributed by atoms with Gasteiger partial charge in [-0.25, -0.2) is 8.91 Å². The van der Waals surface area contributed by atoms with Crippen LogP contribution in [0.5, 0.6) is 0 Å². The number of amides is 1. The minimum atomic E-state index is -1.30. The van der Waals surface area contributed by atoms with Crippen LogP contribution in [0.1, 0.15) is 24.8 Å². The highest BCUT2D eigenvalue weighted by atomic mass is 19.1. The largest absolute Gasteiger partial charge is 0.366 e. The molecule has 3 atom stereocenters. The molecule has 2 aliphatic heterocycles. The molecule has 1 saturated carbocycles. The predicted molar refractivity (Wildman–Crippen MR) is 132 cm³/mol. The van der Waals surface area contributed by atoms with Crippen molar-refractivity contribution in [1.29, 1.82) is 5.26 Å². The SMILES string of the molecule is N#C[C@@H]1C[C@H]1C(=O)N1CCN(c2ccnn3cc(-c4ccc([C@@]5(F)CCCNC5)cc4)cc23)CC1. The summed E-state index contributed by atoms with van der Waals surface area (Å²) in [5, 5.41) is 16.7. The number of carbonyl (C=O) groups is 1. The monoisotopic (exact) mass is 472 g/mol. The third-order valence-electron chi connectivity index (χ3n) is 7.76. The second kappa shape index (κ2) is 8.65. The standard InChI is InChI=1S/C27H29FN6O/c28-27(7-1-8-30-18-27)22-4-2-19(3-5-22)21-15-25-24(6-9-31-34(25)17-21)32-10-12-33(13-11-32)26(35)23-14-20(23)16-29/h2-6,9,15,17,20,23,30H,1,7-8,10-14,18H2/t20-,23+,27+/m0/s1. The van der Waals surface area contributed by atoms with Crippen LogP contribution in [0.25, 0.3) is 16.6 Å². The molecule has 2 aromatic heterocycles. The van der Waals surface area contributed by atoms with Gasteiger partial charge in [0, 0.05) is 50.7 Å². The first-order valence-electron chi connectivity index (χ1n) is 12.5. The third kappa shape index (κ3) is 4.04. The molecule has 3 aliphatic rings. The van der Waals surface area contributed by atoms with Crippen molar-refractivity contribution in [1.82, 2.24) is 19.8 Å². The Labute approximate surface area is 204 Å².